The van der Waals surface area contributed by atoms with Gasteiger partial charge in [-0.2, -0.15) is 0 Å². The van der Waals surface area contributed by atoms with Crippen LogP contribution in [0.2, 0.25) is 0 Å². The van der Waals surface area contributed by atoms with Crippen molar-refractivity contribution in [2.75, 3.05) is 0 Å². The van der Waals surface area contributed by atoms with Crippen molar-refractivity contribution in [1.29, 1.82) is 0 Å². The summed E-state index contributed by atoms with van der Waals surface area (Å²) in [5.41, 5.74) is -0.646. The molecule has 0 aliphatic carbocycles. The monoisotopic (exact) mass is 216 g/mol. The molecule has 0 fully saturated rings. The first-order valence-corrected chi connectivity index (χ1v) is 5.05. The molecule has 0 aromatic heterocycles. The van der Waals surface area contributed by atoms with E-state index >= 15 is 0 Å². The van der Waals surface area contributed by atoms with Crippen LogP contribution in [0.5, 0.6) is 0 Å². The van der Waals surface area contributed by atoms with Gasteiger partial charge in [-0.3, -0.25) is 0 Å². The first-order valence-electron chi connectivity index (χ1n) is 5.05. The van der Waals surface area contributed by atoms with Crippen molar-refractivity contribution in [3.8, 4) is 0 Å². The minimum atomic E-state index is -0.974. The van der Waals surface area contributed by atoms with Crippen LogP contribution < -0.4 is 0 Å². The molecular formula is C12H18F2O. The molecule has 0 amide bonds. The molecule has 0 bridgehead atoms. The summed E-state index contributed by atoms with van der Waals surface area (Å²) in [6.07, 6.45) is 0.180. The SMILES string of the molecule is CC.CC(C)(O)Cc1ccc(F)cc1F. The molecule has 3 heteroatoms. The highest BCUT2D eigenvalue weighted by molar-refractivity contribution is 5.20. The quantitative estimate of drug-likeness (QED) is 0.804. The van der Waals surface area contributed by atoms with Crippen LogP contribution in [0.1, 0.15) is 33.3 Å². The maximum atomic E-state index is 13.0. The maximum Gasteiger partial charge on any atom is 0.129 e. The normalized spacial score (nSPS) is 10.6. The van der Waals surface area contributed by atoms with Crippen molar-refractivity contribution < 1.29 is 13.9 Å². The average Bonchev–Trinajstić information content (AvgIpc) is 2.12. The highest BCUT2D eigenvalue weighted by atomic mass is 19.1. The van der Waals surface area contributed by atoms with Gasteiger partial charge in [0.25, 0.3) is 0 Å². The minimum absolute atomic E-state index is 0.180. The lowest BCUT2D eigenvalue weighted by atomic mass is 9.98. The van der Waals surface area contributed by atoms with Crippen molar-refractivity contribution in [2.24, 2.45) is 0 Å². The minimum Gasteiger partial charge on any atom is -0.390 e. The second kappa shape index (κ2) is 5.81. The Labute approximate surface area is 89.8 Å². The molecule has 0 radical (unpaired) electrons. The molecule has 0 aliphatic rings. The van der Waals surface area contributed by atoms with E-state index in [1.165, 1.54) is 12.1 Å². The van der Waals surface area contributed by atoms with Gasteiger partial charge in [-0.15, -0.1) is 0 Å². The number of rotatable bonds is 2. The summed E-state index contributed by atoms with van der Waals surface area (Å²) in [7, 11) is 0. The van der Waals surface area contributed by atoms with E-state index in [0.29, 0.717) is 5.56 Å². The molecule has 0 saturated heterocycles. The summed E-state index contributed by atoms with van der Waals surface area (Å²) in [6, 6.07) is 3.36. The summed E-state index contributed by atoms with van der Waals surface area (Å²) < 4.78 is 25.5. The average molecular weight is 216 g/mol. The Hall–Kier alpha value is -0.960. The Kier molecular flexibility index (Phi) is 5.44. The second-order valence-electron chi connectivity index (χ2n) is 3.72. The van der Waals surface area contributed by atoms with E-state index in [1.807, 2.05) is 13.8 Å². The van der Waals surface area contributed by atoms with Gasteiger partial charge in [-0.1, -0.05) is 19.9 Å². The number of hydrogen-bond acceptors (Lipinski definition) is 1. The predicted molar refractivity (Wildman–Crippen MR) is 57.7 cm³/mol. The zero-order valence-corrected chi connectivity index (χ0v) is 9.64. The van der Waals surface area contributed by atoms with Gasteiger partial charge in [-0.05, 0) is 25.5 Å². The smallest absolute Gasteiger partial charge is 0.129 e. The van der Waals surface area contributed by atoms with Crippen LogP contribution in [0.3, 0.4) is 0 Å². The lowest BCUT2D eigenvalue weighted by Crippen LogP contribution is -2.22. The molecule has 1 rings (SSSR count). The molecule has 15 heavy (non-hydrogen) atoms. The van der Waals surface area contributed by atoms with E-state index in [2.05, 4.69) is 0 Å². The third kappa shape index (κ3) is 5.47. The summed E-state index contributed by atoms with van der Waals surface area (Å²) in [5.74, 6) is -1.21. The van der Waals surface area contributed by atoms with Crippen LogP contribution in [-0.2, 0) is 6.42 Å². The molecule has 0 heterocycles. The van der Waals surface area contributed by atoms with E-state index in [-0.39, 0.29) is 6.42 Å². The van der Waals surface area contributed by atoms with Gasteiger partial charge in [-0.25, -0.2) is 8.78 Å². The lowest BCUT2D eigenvalue weighted by molar-refractivity contribution is 0.0800. The van der Waals surface area contributed by atoms with Gasteiger partial charge in [0.15, 0.2) is 0 Å². The highest BCUT2D eigenvalue weighted by Crippen LogP contribution is 2.16. The Bertz CT molecular complexity index is 303. The highest BCUT2D eigenvalue weighted by Gasteiger charge is 2.16. The summed E-state index contributed by atoms with van der Waals surface area (Å²) in [5, 5.41) is 9.40. The Morgan fingerprint density at radius 2 is 1.73 bits per heavy atom. The number of aliphatic hydroxyl groups is 1. The first kappa shape index (κ1) is 14.0. The van der Waals surface area contributed by atoms with Gasteiger partial charge in [0.05, 0.1) is 5.60 Å². The van der Waals surface area contributed by atoms with Crippen LogP contribution in [0.25, 0.3) is 0 Å². The van der Waals surface area contributed by atoms with Crippen LogP contribution >= 0.6 is 0 Å². The van der Waals surface area contributed by atoms with E-state index in [9.17, 15) is 13.9 Å². The van der Waals surface area contributed by atoms with Crippen LogP contribution in [0.15, 0.2) is 18.2 Å². The van der Waals surface area contributed by atoms with Gasteiger partial charge >= 0.3 is 0 Å². The molecule has 1 nitrogen and oxygen atoms in total. The Balaban J connectivity index is 0.000000921. The zero-order chi connectivity index (χ0) is 12.1. The van der Waals surface area contributed by atoms with Crippen LogP contribution in [0, 0.1) is 11.6 Å². The van der Waals surface area contributed by atoms with Gasteiger partial charge in [0, 0.05) is 12.5 Å². The Morgan fingerprint density at radius 1 is 1.20 bits per heavy atom. The molecule has 1 aromatic carbocycles. The fraction of sp³-hybridized carbons (Fsp3) is 0.500. The first-order chi connectivity index (χ1) is 6.88. The number of benzene rings is 1. The van der Waals surface area contributed by atoms with Crippen molar-refractivity contribution in [3.05, 3.63) is 35.4 Å². The van der Waals surface area contributed by atoms with Crippen LogP contribution in [-0.4, -0.2) is 10.7 Å². The topological polar surface area (TPSA) is 20.2 Å². The molecular weight excluding hydrogens is 198 g/mol. The summed E-state index contributed by atoms with van der Waals surface area (Å²) in [6.45, 7) is 7.16. The van der Waals surface area contributed by atoms with Gasteiger partial charge in [0.1, 0.15) is 11.6 Å². The second-order valence-corrected chi connectivity index (χ2v) is 3.72. The van der Waals surface area contributed by atoms with Crippen molar-refractivity contribution >= 4 is 0 Å². The summed E-state index contributed by atoms with van der Waals surface area (Å²) >= 11 is 0. The third-order valence-corrected chi connectivity index (χ3v) is 1.64. The third-order valence-electron chi connectivity index (χ3n) is 1.64. The van der Waals surface area contributed by atoms with Crippen molar-refractivity contribution in [3.63, 3.8) is 0 Å². The molecule has 0 aliphatic heterocycles. The molecule has 86 valence electrons. The lowest BCUT2D eigenvalue weighted by Gasteiger charge is -2.17. The predicted octanol–water partition coefficient (Wildman–Crippen LogP) is 3.30. The Morgan fingerprint density at radius 3 is 2.13 bits per heavy atom. The molecule has 0 spiro atoms. The molecule has 0 unspecified atom stereocenters. The fourth-order valence-electron chi connectivity index (χ4n) is 1.13. The standard InChI is InChI=1S/C10H12F2O.C2H6/c1-10(2,13)6-7-3-4-8(11)5-9(7)12;1-2/h3-5,13H,6H2,1-2H3;1-2H3. The zero-order valence-electron chi connectivity index (χ0n) is 9.64. The van der Waals surface area contributed by atoms with E-state index in [4.69, 9.17) is 0 Å². The van der Waals surface area contributed by atoms with E-state index < -0.39 is 17.2 Å². The number of halogens is 2. The van der Waals surface area contributed by atoms with E-state index in [1.54, 1.807) is 13.8 Å². The molecule has 0 atom stereocenters. The number of hydrogen-bond donors (Lipinski definition) is 1. The molecule has 1 aromatic rings. The van der Waals surface area contributed by atoms with E-state index in [0.717, 1.165) is 6.07 Å². The van der Waals surface area contributed by atoms with Gasteiger partial charge < -0.3 is 5.11 Å². The fourth-order valence-corrected chi connectivity index (χ4v) is 1.13. The molecule has 1 N–H and O–H groups in total. The molecule has 0 saturated carbocycles. The van der Waals surface area contributed by atoms with Crippen LogP contribution in [0.4, 0.5) is 8.78 Å². The largest absolute Gasteiger partial charge is 0.390 e. The van der Waals surface area contributed by atoms with Gasteiger partial charge in [0.2, 0.25) is 0 Å². The van der Waals surface area contributed by atoms with Crippen molar-refractivity contribution in [1.82, 2.24) is 0 Å². The maximum absolute atomic E-state index is 13.0. The summed E-state index contributed by atoms with van der Waals surface area (Å²) in [4.78, 5) is 0. The van der Waals surface area contributed by atoms with Crippen molar-refractivity contribution in [2.45, 2.75) is 39.7 Å².